The van der Waals surface area contributed by atoms with Gasteiger partial charge in [0.05, 0.1) is 0 Å². The molecule has 0 aromatic rings. The van der Waals surface area contributed by atoms with Crippen LogP contribution in [0.4, 0.5) is 13.2 Å². The highest BCUT2D eigenvalue weighted by Crippen LogP contribution is 2.47. The smallest absolute Gasteiger partial charge is 0.134 e. The predicted octanol–water partition coefficient (Wildman–Crippen LogP) is 9.27. The molecule has 0 aromatic heterocycles. The van der Waals surface area contributed by atoms with Crippen molar-refractivity contribution in [3.05, 3.63) is 0 Å². The number of halogens is 3. The minimum absolute atomic E-state index is 0.0219. The summed E-state index contributed by atoms with van der Waals surface area (Å²) in [5.74, 6) is 3.39. The Balaban J connectivity index is 1.17. The third-order valence-corrected chi connectivity index (χ3v) is 10.7. The quantitative estimate of drug-likeness (QED) is 0.375. The minimum Gasteiger partial charge on any atom is -0.247 e. The van der Waals surface area contributed by atoms with Crippen molar-refractivity contribution < 1.29 is 13.2 Å². The summed E-state index contributed by atoms with van der Waals surface area (Å²) >= 11 is 0. The van der Waals surface area contributed by atoms with Gasteiger partial charge in [0, 0.05) is 0 Å². The number of hydrogen-bond donors (Lipinski definition) is 0. The summed E-state index contributed by atoms with van der Waals surface area (Å²) in [6.07, 6.45) is 14.3. The summed E-state index contributed by atoms with van der Waals surface area (Å²) in [5, 5.41) is 0. The summed E-state index contributed by atoms with van der Waals surface area (Å²) < 4.78 is 44.6. The first-order chi connectivity index (χ1) is 15.5. The molecular formula is C29H49F3. The van der Waals surface area contributed by atoms with E-state index in [9.17, 15) is 4.39 Å². The highest BCUT2D eigenvalue weighted by molar-refractivity contribution is 4.93. The van der Waals surface area contributed by atoms with Gasteiger partial charge in [0.25, 0.3) is 0 Å². The van der Waals surface area contributed by atoms with Crippen LogP contribution in [0.25, 0.3) is 0 Å². The largest absolute Gasteiger partial charge is 0.247 e. The lowest BCUT2D eigenvalue weighted by atomic mass is 9.66. The van der Waals surface area contributed by atoms with Crippen LogP contribution in [-0.2, 0) is 0 Å². The van der Waals surface area contributed by atoms with Gasteiger partial charge in [-0.05, 0) is 112 Å². The Morgan fingerprint density at radius 3 is 1.88 bits per heavy atom. The Hall–Kier alpha value is -0.210. The van der Waals surface area contributed by atoms with Gasteiger partial charge in [0.2, 0.25) is 0 Å². The van der Waals surface area contributed by atoms with Crippen molar-refractivity contribution >= 4 is 0 Å². The van der Waals surface area contributed by atoms with E-state index in [0.29, 0.717) is 29.6 Å². The molecule has 0 aromatic carbocycles. The molecule has 4 aliphatic rings. The molecule has 186 valence electrons. The Labute approximate surface area is 195 Å². The number of hydrogen-bond acceptors (Lipinski definition) is 0. The van der Waals surface area contributed by atoms with Gasteiger partial charge in [0.15, 0.2) is 0 Å². The van der Waals surface area contributed by atoms with E-state index in [1.807, 2.05) is 0 Å². The van der Waals surface area contributed by atoms with E-state index in [0.717, 1.165) is 63.7 Å². The van der Waals surface area contributed by atoms with Crippen LogP contribution in [0.3, 0.4) is 0 Å². The van der Waals surface area contributed by atoms with Gasteiger partial charge < -0.3 is 0 Å². The molecule has 7 atom stereocenters. The van der Waals surface area contributed by atoms with Gasteiger partial charge in [-0.1, -0.05) is 52.4 Å². The highest BCUT2D eigenvalue weighted by atomic mass is 19.2. The summed E-state index contributed by atoms with van der Waals surface area (Å²) in [4.78, 5) is 0. The zero-order chi connectivity index (χ0) is 22.7. The zero-order valence-electron chi connectivity index (χ0n) is 20.8. The second-order valence-corrected chi connectivity index (χ2v) is 12.5. The molecular weight excluding hydrogens is 405 g/mol. The van der Waals surface area contributed by atoms with E-state index >= 15 is 8.78 Å². The monoisotopic (exact) mass is 454 g/mol. The van der Waals surface area contributed by atoms with Crippen molar-refractivity contribution in [1.29, 1.82) is 0 Å². The molecule has 4 aliphatic carbocycles. The Bertz CT molecular complexity index is 549. The van der Waals surface area contributed by atoms with Gasteiger partial charge in [-0.2, -0.15) is 0 Å². The first-order valence-electron chi connectivity index (χ1n) is 14.4. The van der Waals surface area contributed by atoms with Crippen LogP contribution in [0.2, 0.25) is 0 Å². The fourth-order valence-electron chi connectivity index (χ4n) is 8.23. The second kappa shape index (κ2) is 11.5. The standard InChI is InChI=1S/C29H49F3/c1-3-21-14-15-25(18-27(21)30)22-11-6-20(7-12-22)8-13-24-16-17-26(29(32)28(24)31)23-9-4-19(2)5-10-23/h19-29H,3-18H2,1-2H3/t19?,20?,21-,22?,23?,24-,25?,26-,27+,28-,29?/m0/s1. The second-order valence-electron chi connectivity index (χ2n) is 12.5. The maximum absolute atomic E-state index is 15.1. The third kappa shape index (κ3) is 5.88. The van der Waals surface area contributed by atoms with E-state index in [4.69, 9.17) is 0 Å². The molecule has 0 bridgehead atoms. The summed E-state index contributed by atoms with van der Waals surface area (Å²) in [6.45, 7) is 4.42. The number of rotatable bonds is 6. The fourth-order valence-corrected chi connectivity index (χ4v) is 8.23. The van der Waals surface area contributed by atoms with Gasteiger partial charge in [0.1, 0.15) is 18.5 Å². The molecule has 4 rings (SSSR count). The molecule has 0 amide bonds. The van der Waals surface area contributed by atoms with E-state index in [1.165, 1.54) is 44.9 Å². The topological polar surface area (TPSA) is 0 Å². The molecule has 2 unspecified atom stereocenters. The molecule has 0 saturated heterocycles. The van der Waals surface area contributed by atoms with Crippen molar-refractivity contribution in [3.8, 4) is 0 Å². The van der Waals surface area contributed by atoms with Gasteiger partial charge in [-0.15, -0.1) is 0 Å². The molecule has 0 heterocycles. The first-order valence-corrected chi connectivity index (χ1v) is 14.4. The van der Waals surface area contributed by atoms with Crippen molar-refractivity contribution in [2.75, 3.05) is 0 Å². The molecule has 4 fully saturated rings. The van der Waals surface area contributed by atoms with Crippen LogP contribution in [0.1, 0.15) is 117 Å². The van der Waals surface area contributed by atoms with Gasteiger partial charge in [-0.3, -0.25) is 0 Å². The SMILES string of the molecule is CC[C@H]1CCC(C2CCC(CC[C@H]3CC[C@@H](C4CCC(C)CC4)C(F)[C@H]3F)CC2)C[C@H]1F. The van der Waals surface area contributed by atoms with Gasteiger partial charge in [-0.25, -0.2) is 13.2 Å². The summed E-state index contributed by atoms with van der Waals surface area (Å²) in [6, 6.07) is 0. The average molecular weight is 455 g/mol. The average Bonchev–Trinajstić information content (AvgIpc) is 2.81. The van der Waals surface area contributed by atoms with E-state index in [1.54, 1.807) is 0 Å². The summed E-state index contributed by atoms with van der Waals surface area (Å²) in [7, 11) is 0. The molecule has 32 heavy (non-hydrogen) atoms. The Morgan fingerprint density at radius 1 is 0.594 bits per heavy atom. The first kappa shape index (κ1) is 24.9. The van der Waals surface area contributed by atoms with E-state index < -0.39 is 18.5 Å². The van der Waals surface area contributed by atoms with Crippen LogP contribution >= 0.6 is 0 Å². The molecule has 0 radical (unpaired) electrons. The van der Waals surface area contributed by atoms with Crippen LogP contribution in [0.15, 0.2) is 0 Å². The van der Waals surface area contributed by atoms with E-state index in [-0.39, 0.29) is 11.8 Å². The Morgan fingerprint density at radius 2 is 1.22 bits per heavy atom. The highest BCUT2D eigenvalue weighted by Gasteiger charge is 2.44. The predicted molar refractivity (Wildman–Crippen MR) is 128 cm³/mol. The Kier molecular flexibility index (Phi) is 8.93. The normalized spacial score (nSPS) is 48.5. The lowest BCUT2D eigenvalue weighted by Gasteiger charge is -2.42. The van der Waals surface area contributed by atoms with Gasteiger partial charge >= 0.3 is 0 Å². The zero-order valence-corrected chi connectivity index (χ0v) is 20.8. The number of alkyl halides is 3. The van der Waals surface area contributed by atoms with Crippen LogP contribution in [0.5, 0.6) is 0 Å². The third-order valence-electron chi connectivity index (χ3n) is 10.7. The molecule has 4 saturated carbocycles. The van der Waals surface area contributed by atoms with Crippen LogP contribution in [-0.4, -0.2) is 18.5 Å². The van der Waals surface area contributed by atoms with Crippen LogP contribution < -0.4 is 0 Å². The molecule has 0 spiro atoms. The lowest BCUT2D eigenvalue weighted by molar-refractivity contribution is -0.0156. The molecule has 3 heteroatoms. The lowest BCUT2D eigenvalue weighted by Crippen LogP contribution is -2.42. The minimum atomic E-state index is -1.24. The van der Waals surface area contributed by atoms with Crippen molar-refractivity contribution in [3.63, 3.8) is 0 Å². The fraction of sp³-hybridized carbons (Fsp3) is 1.00. The summed E-state index contributed by atoms with van der Waals surface area (Å²) in [5.41, 5.74) is 0. The molecule has 0 nitrogen and oxygen atoms in total. The molecule has 0 aliphatic heterocycles. The van der Waals surface area contributed by atoms with E-state index in [2.05, 4.69) is 13.8 Å². The maximum atomic E-state index is 15.1. The molecule has 0 N–H and O–H groups in total. The maximum Gasteiger partial charge on any atom is 0.134 e. The van der Waals surface area contributed by atoms with Crippen molar-refractivity contribution in [2.24, 2.45) is 47.3 Å². The van der Waals surface area contributed by atoms with Crippen molar-refractivity contribution in [1.82, 2.24) is 0 Å². The van der Waals surface area contributed by atoms with Crippen LogP contribution in [0, 0.1) is 47.3 Å². The van der Waals surface area contributed by atoms with Crippen molar-refractivity contribution in [2.45, 2.75) is 135 Å².